The van der Waals surface area contributed by atoms with Crippen molar-refractivity contribution in [3.8, 4) is 0 Å². The molecule has 1 aliphatic heterocycles. The summed E-state index contributed by atoms with van der Waals surface area (Å²) in [4.78, 5) is 0. The lowest BCUT2D eigenvalue weighted by atomic mass is 9.91. The molecule has 2 rings (SSSR count). The largest absolute Gasteiger partial charge is 0.383 e. The van der Waals surface area contributed by atoms with E-state index in [1.54, 1.807) is 7.11 Å². The Hall–Kier alpha value is -0.860. The van der Waals surface area contributed by atoms with Crippen molar-refractivity contribution in [3.05, 3.63) is 35.4 Å². The van der Waals surface area contributed by atoms with Crippen molar-refractivity contribution >= 4 is 0 Å². The van der Waals surface area contributed by atoms with Gasteiger partial charge in [0.05, 0.1) is 6.61 Å². The van der Waals surface area contributed by atoms with Crippen LogP contribution >= 0.6 is 0 Å². The summed E-state index contributed by atoms with van der Waals surface area (Å²) in [6, 6.07) is 8.90. The van der Waals surface area contributed by atoms with Gasteiger partial charge in [-0.15, -0.1) is 0 Å². The Bertz CT molecular complexity index is 360. The molecule has 1 saturated heterocycles. The van der Waals surface area contributed by atoms with Gasteiger partial charge in [-0.1, -0.05) is 29.8 Å². The van der Waals surface area contributed by atoms with Crippen LogP contribution in [0, 0.1) is 12.8 Å². The zero-order chi connectivity index (χ0) is 12.3. The number of hydrogen-bond acceptors (Lipinski definition) is 2. The zero-order valence-corrected chi connectivity index (χ0v) is 11.1. The second kappa shape index (κ2) is 5.19. The van der Waals surface area contributed by atoms with E-state index in [-0.39, 0.29) is 5.54 Å². The molecule has 2 unspecified atom stereocenters. The Morgan fingerprint density at radius 1 is 1.35 bits per heavy atom. The lowest BCUT2D eigenvalue weighted by Gasteiger charge is -2.23. The van der Waals surface area contributed by atoms with Gasteiger partial charge in [0.15, 0.2) is 0 Å². The number of ether oxygens (including phenoxy) is 1. The van der Waals surface area contributed by atoms with Gasteiger partial charge in [0.25, 0.3) is 0 Å². The summed E-state index contributed by atoms with van der Waals surface area (Å²) in [5.74, 6) is 0.734. The Morgan fingerprint density at radius 2 is 2.06 bits per heavy atom. The van der Waals surface area contributed by atoms with Crippen molar-refractivity contribution in [3.63, 3.8) is 0 Å². The Balaban J connectivity index is 1.91. The molecule has 0 radical (unpaired) electrons. The van der Waals surface area contributed by atoms with Gasteiger partial charge < -0.3 is 10.1 Å². The first kappa shape index (κ1) is 12.6. The molecule has 0 bridgehead atoms. The molecule has 1 N–H and O–H groups in total. The fourth-order valence-electron chi connectivity index (χ4n) is 2.80. The minimum atomic E-state index is 0.171. The molecule has 0 aromatic heterocycles. The van der Waals surface area contributed by atoms with Crippen LogP contribution in [0.1, 0.15) is 24.5 Å². The molecule has 0 amide bonds. The van der Waals surface area contributed by atoms with Crippen LogP contribution in [0.2, 0.25) is 0 Å². The highest BCUT2D eigenvalue weighted by Crippen LogP contribution is 2.27. The second-order valence-corrected chi connectivity index (χ2v) is 5.63. The fraction of sp³-hybridized carbons (Fsp3) is 0.600. The Kier molecular flexibility index (Phi) is 3.85. The summed E-state index contributed by atoms with van der Waals surface area (Å²) < 4.78 is 5.28. The molecule has 1 aliphatic rings. The normalized spacial score (nSPS) is 28.5. The third kappa shape index (κ3) is 3.30. The number of methoxy groups -OCH3 is 1. The standard InChI is InChI=1S/C15H23NO/c1-12-4-6-13(7-5-12)8-14-9-15(2,11-17-3)16-10-14/h4-7,14,16H,8-11H2,1-3H3. The molecule has 2 heteroatoms. The summed E-state index contributed by atoms with van der Waals surface area (Å²) in [6.45, 7) is 6.30. The van der Waals surface area contributed by atoms with Crippen LogP contribution in [-0.4, -0.2) is 25.8 Å². The summed E-state index contributed by atoms with van der Waals surface area (Å²) >= 11 is 0. The Labute approximate surface area is 104 Å². The second-order valence-electron chi connectivity index (χ2n) is 5.63. The molecular formula is C15H23NO. The molecule has 0 spiro atoms. The maximum atomic E-state index is 5.28. The highest BCUT2D eigenvalue weighted by molar-refractivity contribution is 5.22. The SMILES string of the molecule is COCC1(C)CC(Cc2ccc(C)cc2)CN1. The first-order chi connectivity index (χ1) is 8.11. The van der Waals surface area contributed by atoms with Crippen LogP contribution in [-0.2, 0) is 11.2 Å². The molecule has 1 heterocycles. The monoisotopic (exact) mass is 233 g/mol. The van der Waals surface area contributed by atoms with E-state index in [0.717, 1.165) is 19.1 Å². The average Bonchev–Trinajstić information content (AvgIpc) is 2.64. The van der Waals surface area contributed by atoms with Crippen molar-refractivity contribution in [2.45, 2.75) is 32.2 Å². The van der Waals surface area contributed by atoms with E-state index in [4.69, 9.17) is 4.74 Å². The van der Waals surface area contributed by atoms with Crippen LogP contribution in [0.3, 0.4) is 0 Å². The van der Waals surface area contributed by atoms with Crippen molar-refractivity contribution in [1.82, 2.24) is 5.32 Å². The van der Waals surface area contributed by atoms with E-state index in [0.29, 0.717) is 0 Å². The van der Waals surface area contributed by atoms with Crippen molar-refractivity contribution in [2.24, 2.45) is 5.92 Å². The van der Waals surface area contributed by atoms with Gasteiger partial charge in [-0.25, -0.2) is 0 Å². The van der Waals surface area contributed by atoms with Crippen molar-refractivity contribution < 1.29 is 4.74 Å². The van der Waals surface area contributed by atoms with Gasteiger partial charge in [0.1, 0.15) is 0 Å². The van der Waals surface area contributed by atoms with Crippen LogP contribution in [0.5, 0.6) is 0 Å². The van der Waals surface area contributed by atoms with Crippen molar-refractivity contribution in [2.75, 3.05) is 20.3 Å². The van der Waals surface area contributed by atoms with E-state index >= 15 is 0 Å². The summed E-state index contributed by atoms with van der Waals surface area (Å²) in [5, 5.41) is 3.59. The molecule has 0 saturated carbocycles. The van der Waals surface area contributed by atoms with Gasteiger partial charge >= 0.3 is 0 Å². The number of hydrogen-bond donors (Lipinski definition) is 1. The van der Waals surface area contributed by atoms with Gasteiger partial charge in [-0.2, -0.15) is 0 Å². The molecule has 1 fully saturated rings. The lowest BCUT2D eigenvalue weighted by Crippen LogP contribution is -2.40. The number of rotatable bonds is 4. The van der Waals surface area contributed by atoms with E-state index in [1.807, 2.05) is 0 Å². The first-order valence-electron chi connectivity index (χ1n) is 6.41. The molecule has 17 heavy (non-hydrogen) atoms. The minimum Gasteiger partial charge on any atom is -0.383 e. The molecule has 2 nitrogen and oxygen atoms in total. The smallest absolute Gasteiger partial charge is 0.0641 e. The highest BCUT2D eigenvalue weighted by atomic mass is 16.5. The summed E-state index contributed by atoms with van der Waals surface area (Å²) in [5.41, 5.74) is 2.95. The fourth-order valence-corrected chi connectivity index (χ4v) is 2.80. The van der Waals surface area contributed by atoms with Crippen LogP contribution in [0.15, 0.2) is 24.3 Å². The number of nitrogens with one attached hydrogen (secondary N) is 1. The summed E-state index contributed by atoms with van der Waals surface area (Å²) in [6.07, 6.45) is 2.38. The van der Waals surface area contributed by atoms with Gasteiger partial charge in [0, 0.05) is 12.6 Å². The molecule has 2 atom stereocenters. The predicted octanol–water partition coefficient (Wildman–Crippen LogP) is 2.55. The predicted molar refractivity (Wildman–Crippen MR) is 71.3 cm³/mol. The van der Waals surface area contributed by atoms with E-state index < -0.39 is 0 Å². The highest BCUT2D eigenvalue weighted by Gasteiger charge is 2.34. The molecule has 0 aliphatic carbocycles. The number of benzene rings is 1. The van der Waals surface area contributed by atoms with E-state index in [1.165, 1.54) is 24.0 Å². The molecule has 1 aromatic carbocycles. The maximum absolute atomic E-state index is 5.28. The molecular weight excluding hydrogens is 210 g/mol. The quantitative estimate of drug-likeness (QED) is 0.863. The van der Waals surface area contributed by atoms with Crippen LogP contribution < -0.4 is 5.32 Å². The zero-order valence-electron chi connectivity index (χ0n) is 11.1. The van der Waals surface area contributed by atoms with Crippen LogP contribution in [0.4, 0.5) is 0 Å². The third-order valence-electron chi connectivity index (χ3n) is 3.66. The average molecular weight is 233 g/mol. The Morgan fingerprint density at radius 3 is 2.71 bits per heavy atom. The van der Waals surface area contributed by atoms with Gasteiger partial charge in [-0.05, 0) is 44.7 Å². The first-order valence-corrected chi connectivity index (χ1v) is 6.41. The third-order valence-corrected chi connectivity index (χ3v) is 3.66. The lowest BCUT2D eigenvalue weighted by molar-refractivity contribution is 0.128. The molecule has 94 valence electrons. The van der Waals surface area contributed by atoms with Crippen LogP contribution in [0.25, 0.3) is 0 Å². The van der Waals surface area contributed by atoms with E-state index in [2.05, 4.69) is 43.4 Å². The number of aryl methyl sites for hydroxylation is 1. The summed E-state index contributed by atoms with van der Waals surface area (Å²) in [7, 11) is 1.78. The minimum absolute atomic E-state index is 0.171. The van der Waals surface area contributed by atoms with Crippen molar-refractivity contribution in [1.29, 1.82) is 0 Å². The van der Waals surface area contributed by atoms with Gasteiger partial charge in [-0.3, -0.25) is 0 Å². The topological polar surface area (TPSA) is 21.3 Å². The molecule has 1 aromatic rings. The van der Waals surface area contributed by atoms with Gasteiger partial charge in [0.2, 0.25) is 0 Å². The maximum Gasteiger partial charge on any atom is 0.0641 e. The van der Waals surface area contributed by atoms with E-state index in [9.17, 15) is 0 Å².